The monoisotopic (exact) mass is 304 g/mol. The normalized spacial score (nSPS) is 22.4. The molecule has 0 aromatic carbocycles. The van der Waals surface area contributed by atoms with E-state index in [4.69, 9.17) is 4.74 Å². The van der Waals surface area contributed by atoms with Crippen LogP contribution in [-0.4, -0.2) is 37.6 Å². The second-order valence-electron chi connectivity index (χ2n) is 5.65. The highest BCUT2D eigenvalue weighted by Gasteiger charge is 2.42. The Kier molecular flexibility index (Phi) is 6.76. The van der Waals surface area contributed by atoms with Gasteiger partial charge in [-0.05, 0) is 38.8 Å². The molecule has 1 amide bonds. The highest BCUT2D eigenvalue weighted by atomic mass is 35.5. The quantitative estimate of drug-likeness (QED) is 0.774. The molecule has 116 valence electrons. The van der Waals surface area contributed by atoms with Gasteiger partial charge in [-0.15, -0.1) is 12.4 Å². The van der Waals surface area contributed by atoms with E-state index in [1.165, 1.54) is 7.11 Å². The molecule has 2 N–H and O–H groups in total. The Morgan fingerprint density at radius 2 is 1.75 bits per heavy atom. The van der Waals surface area contributed by atoms with Crippen LogP contribution in [0, 0.1) is 5.92 Å². The predicted octanol–water partition coefficient (Wildman–Crippen LogP) is 1.40. The summed E-state index contributed by atoms with van der Waals surface area (Å²) in [5, 5.41) is 6.26. The third kappa shape index (κ3) is 3.85. The number of carbonyl (C=O) groups excluding carboxylic acids is 2. The maximum absolute atomic E-state index is 12.3. The van der Waals surface area contributed by atoms with Gasteiger partial charge in [-0.3, -0.25) is 4.79 Å². The van der Waals surface area contributed by atoms with E-state index in [1.54, 1.807) is 0 Å². The van der Waals surface area contributed by atoms with Gasteiger partial charge in [0.05, 0.1) is 7.11 Å². The maximum atomic E-state index is 12.3. The van der Waals surface area contributed by atoms with E-state index in [9.17, 15) is 9.59 Å². The zero-order valence-corrected chi connectivity index (χ0v) is 12.9. The Balaban J connectivity index is 0.00000200. The number of ether oxygens (including phenoxy) is 1. The number of methoxy groups -OCH3 is 1. The van der Waals surface area contributed by atoms with Crippen LogP contribution < -0.4 is 10.6 Å². The molecular weight excluding hydrogens is 280 g/mol. The van der Waals surface area contributed by atoms with Crippen molar-refractivity contribution in [3.63, 3.8) is 0 Å². The fraction of sp³-hybridized carbons (Fsp3) is 0.857. The standard InChI is InChI=1S/C14H24N2O3.ClH/c1-19-13(18)14(7-3-2-4-8-14)16-12(17)11-5-9-15-10-6-11;/h11,15H,2-10H2,1H3,(H,16,17);1H. The second kappa shape index (κ2) is 7.84. The average Bonchev–Trinajstić information content (AvgIpc) is 2.48. The molecule has 5 nitrogen and oxygen atoms in total. The molecule has 2 aliphatic rings. The van der Waals surface area contributed by atoms with E-state index in [-0.39, 0.29) is 30.2 Å². The molecule has 0 atom stereocenters. The summed E-state index contributed by atoms with van der Waals surface area (Å²) >= 11 is 0. The number of rotatable bonds is 3. The van der Waals surface area contributed by atoms with Crippen molar-refractivity contribution in [2.75, 3.05) is 20.2 Å². The summed E-state index contributed by atoms with van der Waals surface area (Å²) in [5.74, 6) is -0.229. The predicted molar refractivity (Wildman–Crippen MR) is 78.8 cm³/mol. The number of piperidine rings is 1. The molecule has 0 aromatic heterocycles. The molecule has 0 bridgehead atoms. The third-order valence-corrected chi connectivity index (χ3v) is 4.36. The fourth-order valence-corrected chi connectivity index (χ4v) is 3.15. The Bertz CT molecular complexity index is 337. The molecule has 1 saturated carbocycles. The fourth-order valence-electron chi connectivity index (χ4n) is 3.15. The van der Waals surface area contributed by atoms with Crippen molar-refractivity contribution in [2.45, 2.75) is 50.5 Å². The zero-order chi connectivity index (χ0) is 13.7. The van der Waals surface area contributed by atoms with Crippen molar-refractivity contribution in [3.05, 3.63) is 0 Å². The van der Waals surface area contributed by atoms with Crippen LogP contribution in [0.1, 0.15) is 44.9 Å². The largest absolute Gasteiger partial charge is 0.467 e. The van der Waals surface area contributed by atoms with Crippen molar-refractivity contribution in [1.29, 1.82) is 0 Å². The van der Waals surface area contributed by atoms with Crippen molar-refractivity contribution >= 4 is 24.3 Å². The van der Waals surface area contributed by atoms with Crippen molar-refractivity contribution in [2.24, 2.45) is 5.92 Å². The van der Waals surface area contributed by atoms with Gasteiger partial charge < -0.3 is 15.4 Å². The lowest BCUT2D eigenvalue weighted by molar-refractivity contribution is -0.153. The first-order valence-corrected chi connectivity index (χ1v) is 7.29. The lowest BCUT2D eigenvalue weighted by Crippen LogP contribution is -2.58. The van der Waals surface area contributed by atoms with Gasteiger partial charge in [-0.1, -0.05) is 19.3 Å². The Morgan fingerprint density at radius 1 is 1.15 bits per heavy atom. The number of halogens is 1. The number of hydrogen-bond acceptors (Lipinski definition) is 4. The number of hydrogen-bond donors (Lipinski definition) is 2. The van der Waals surface area contributed by atoms with Crippen LogP contribution in [0.15, 0.2) is 0 Å². The smallest absolute Gasteiger partial charge is 0.331 e. The van der Waals surface area contributed by atoms with Crippen LogP contribution in [-0.2, 0) is 14.3 Å². The van der Waals surface area contributed by atoms with Crippen LogP contribution in [0.4, 0.5) is 0 Å². The SMILES string of the molecule is COC(=O)C1(NC(=O)C2CCNCC2)CCCCC1.Cl. The average molecular weight is 305 g/mol. The van der Waals surface area contributed by atoms with E-state index in [1.807, 2.05) is 0 Å². The van der Waals surface area contributed by atoms with Crippen molar-refractivity contribution < 1.29 is 14.3 Å². The van der Waals surface area contributed by atoms with Crippen LogP contribution in [0.3, 0.4) is 0 Å². The summed E-state index contributed by atoms with van der Waals surface area (Å²) in [5.41, 5.74) is -0.769. The first-order valence-electron chi connectivity index (χ1n) is 7.29. The van der Waals surface area contributed by atoms with Crippen LogP contribution >= 0.6 is 12.4 Å². The van der Waals surface area contributed by atoms with Crippen molar-refractivity contribution in [1.82, 2.24) is 10.6 Å². The van der Waals surface area contributed by atoms with Gasteiger partial charge in [0.25, 0.3) is 0 Å². The van der Waals surface area contributed by atoms with Crippen LogP contribution in [0.25, 0.3) is 0 Å². The Morgan fingerprint density at radius 3 is 2.30 bits per heavy atom. The van der Waals surface area contributed by atoms with E-state index in [0.717, 1.165) is 45.2 Å². The van der Waals surface area contributed by atoms with Gasteiger partial charge >= 0.3 is 5.97 Å². The Hall–Kier alpha value is -0.810. The van der Waals surface area contributed by atoms with Gasteiger partial charge in [-0.2, -0.15) is 0 Å². The minimum absolute atomic E-state index is 0. The summed E-state index contributed by atoms with van der Waals surface area (Å²) in [4.78, 5) is 24.4. The molecule has 1 aliphatic heterocycles. The number of esters is 1. The van der Waals surface area contributed by atoms with E-state index in [2.05, 4.69) is 10.6 Å². The molecular formula is C14H25ClN2O3. The summed E-state index contributed by atoms with van der Waals surface area (Å²) in [6.45, 7) is 1.76. The van der Waals surface area contributed by atoms with E-state index in [0.29, 0.717) is 12.8 Å². The first kappa shape index (κ1) is 17.2. The molecule has 6 heteroatoms. The molecule has 2 fully saturated rings. The van der Waals surface area contributed by atoms with Crippen LogP contribution in [0.2, 0.25) is 0 Å². The van der Waals surface area contributed by atoms with Gasteiger partial charge in [0, 0.05) is 5.92 Å². The number of amides is 1. The Labute approximate surface area is 126 Å². The highest BCUT2D eigenvalue weighted by Crippen LogP contribution is 2.30. The third-order valence-electron chi connectivity index (χ3n) is 4.36. The topological polar surface area (TPSA) is 67.4 Å². The van der Waals surface area contributed by atoms with Gasteiger partial charge in [0.15, 0.2) is 0 Å². The molecule has 1 aliphatic carbocycles. The van der Waals surface area contributed by atoms with E-state index >= 15 is 0 Å². The molecule has 0 spiro atoms. The number of nitrogens with one attached hydrogen (secondary N) is 2. The van der Waals surface area contributed by atoms with Crippen molar-refractivity contribution in [3.8, 4) is 0 Å². The van der Waals surface area contributed by atoms with E-state index < -0.39 is 5.54 Å². The highest BCUT2D eigenvalue weighted by molar-refractivity contribution is 5.89. The van der Waals surface area contributed by atoms with Gasteiger partial charge in [0.2, 0.25) is 5.91 Å². The molecule has 0 unspecified atom stereocenters. The summed E-state index contributed by atoms with van der Waals surface area (Å²) in [7, 11) is 1.40. The summed E-state index contributed by atoms with van der Waals surface area (Å²) in [6, 6.07) is 0. The first-order chi connectivity index (χ1) is 9.18. The lowest BCUT2D eigenvalue weighted by Gasteiger charge is -2.36. The minimum atomic E-state index is -0.769. The number of carbonyl (C=O) groups is 2. The summed E-state index contributed by atoms with van der Waals surface area (Å²) in [6.07, 6.45) is 6.18. The van der Waals surface area contributed by atoms with Gasteiger partial charge in [-0.25, -0.2) is 4.79 Å². The molecule has 0 aromatic rings. The zero-order valence-electron chi connectivity index (χ0n) is 12.1. The molecule has 0 radical (unpaired) electrons. The molecule has 1 saturated heterocycles. The second-order valence-corrected chi connectivity index (χ2v) is 5.65. The molecule has 1 heterocycles. The minimum Gasteiger partial charge on any atom is -0.467 e. The van der Waals surface area contributed by atoms with Crippen LogP contribution in [0.5, 0.6) is 0 Å². The molecule has 20 heavy (non-hydrogen) atoms. The summed E-state index contributed by atoms with van der Waals surface area (Å²) < 4.78 is 4.92. The lowest BCUT2D eigenvalue weighted by atomic mass is 9.81. The molecule has 2 rings (SSSR count). The van der Waals surface area contributed by atoms with Gasteiger partial charge in [0.1, 0.15) is 5.54 Å². The maximum Gasteiger partial charge on any atom is 0.331 e.